The van der Waals surface area contributed by atoms with Crippen LogP contribution in [-0.4, -0.2) is 6.54 Å². The van der Waals surface area contributed by atoms with Crippen LogP contribution in [0.15, 0.2) is 42.0 Å². The average molecular weight is 297 g/mol. The predicted molar refractivity (Wildman–Crippen MR) is 68.9 cm³/mol. The van der Waals surface area contributed by atoms with Crippen LogP contribution in [-0.2, 0) is 0 Å². The number of dihydropyridines is 1. The largest absolute Gasteiger partial charge is 0.381 e. The van der Waals surface area contributed by atoms with Crippen LogP contribution in [0, 0.1) is 3.57 Å². The number of halogens is 1. The quantitative estimate of drug-likeness (QED) is 0.785. The summed E-state index contributed by atoms with van der Waals surface area (Å²) in [5, 5.41) is 3.39. The standard InChI is InChI=1S/C12H12IN/c1-9-6-7-14-12(8-9)10-4-2-3-5-11(10)13/h2-6,8,14H,7H2,1H3. The highest BCUT2D eigenvalue weighted by Gasteiger charge is 2.06. The number of rotatable bonds is 1. The Morgan fingerprint density at radius 3 is 2.79 bits per heavy atom. The molecule has 2 heteroatoms. The van der Waals surface area contributed by atoms with E-state index in [1.54, 1.807) is 0 Å². The van der Waals surface area contributed by atoms with Gasteiger partial charge in [0.2, 0.25) is 0 Å². The molecule has 0 unspecified atom stereocenters. The Morgan fingerprint density at radius 2 is 2.07 bits per heavy atom. The van der Waals surface area contributed by atoms with Crippen LogP contribution in [0.1, 0.15) is 12.5 Å². The van der Waals surface area contributed by atoms with Crippen LogP contribution in [0.25, 0.3) is 5.70 Å². The lowest BCUT2D eigenvalue weighted by Gasteiger charge is -2.15. The number of hydrogen-bond acceptors (Lipinski definition) is 1. The zero-order valence-electron chi connectivity index (χ0n) is 8.05. The van der Waals surface area contributed by atoms with Crippen LogP contribution in [0.4, 0.5) is 0 Å². The first kappa shape index (κ1) is 9.77. The minimum absolute atomic E-state index is 0.933. The second-order valence-corrected chi connectivity index (χ2v) is 4.53. The van der Waals surface area contributed by atoms with Gasteiger partial charge in [-0.2, -0.15) is 0 Å². The van der Waals surface area contributed by atoms with Crippen molar-refractivity contribution in [1.82, 2.24) is 5.32 Å². The number of allylic oxidation sites excluding steroid dienone is 2. The Labute approximate surface area is 98.0 Å². The molecule has 72 valence electrons. The molecule has 0 atom stereocenters. The van der Waals surface area contributed by atoms with Crippen molar-refractivity contribution in [2.24, 2.45) is 0 Å². The molecule has 1 aromatic rings. The number of hydrogen-bond donors (Lipinski definition) is 1. The van der Waals surface area contributed by atoms with Gasteiger partial charge in [-0.25, -0.2) is 0 Å². The second kappa shape index (κ2) is 4.17. The fourth-order valence-electron chi connectivity index (χ4n) is 1.51. The molecule has 1 aromatic carbocycles. The molecule has 0 radical (unpaired) electrons. The minimum Gasteiger partial charge on any atom is -0.381 e. The topological polar surface area (TPSA) is 12.0 Å². The molecule has 0 saturated carbocycles. The molecule has 0 spiro atoms. The van der Waals surface area contributed by atoms with Gasteiger partial charge in [0, 0.05) is 21.4 Å². The van der Waals surface area contributed by atoms with Crippen molar-refractivity contribution in [3.63, 3.8) is 0 Å². The van der Waals surface area contributed by atoms with E-state index in [1.807, 2.05) is 0 Å². The summed E-state index contributed by atoms with van der Waals surface area (Å²) in [5.74, 6) is 0. The third kappa shape index (κ3) is 2.00. The third-order valence-corrected chi connectivity index (χ3v) is 3.19. The minimum atomic E-state index is 0.933. The van der Waals surface area contributed by atoms with Crippen LogP contribution in [0.2, 0.25) is 0 Å². The maximum atomic E-state index is 3.39. The van der Waals surface area contributed by atoms with Gasteiger partial charge in [-0.1, -0.05) is 29.8 Å². The summed E-state index contributed by atoms with van der Waals surface area (Å²) in [6.07, 6.45) is 4.39. The van der Waals surface area contributed by atoms with Crippen LogP contribution in [0.3, 0.4) is 0 Å². The van der Waals surface area contributed by atoms with Crippen molar-refractivity contribution in [3.8, 4) is 0 Å². The van der Waals surface area contributed by atoms with Crippen LogP contribution >= 0.6 is 22.6 Å². The van der Waals surface area contributed by atoms with Crippen molar-refractivity contribution < 1.29 is 0 Å². The fourth-order valence-corrected chi connectivity index (χ4v) is 2.19. The molecule has 14 heavy (non-hydrogen) atoms. The molecular formula is C12H12IN. The third-order valence-electron chi connectivity index (χ3n) is 2.25. The van der Waals surface area contributed by atoms with E-state index in [1.165, 1.54) is 20.4 Å². The van der Waals surface area contributed by atoms with Gasteiger partial charge in [0.1, 0.15) is 0 Å². The van der Waals surface area contributed by atoms with E-state index in [0.717, 1.165) is 6.54 Å². The van der Waals surface area contributed by atoms with Crippen molar-refractivity contribution in [2.45, 2.75) is 6.92 Å². The number of nitrogens with one attached hydrogen (secondary N) is 1. The molecule has 0 fully saturated rings. The molecule has 2 rings (SSSR count). The Hall–Kier alpha value is -0.770. The Bertz CT molecular complexity index is 405. The second-order valence-electron chi connectivity index (χ2n) is 3.37. The highest BCUT2D eigenvalue weighted by atomic mass is 127. The smallest absolute Gasteiger partial charge is 0.0429 e. The normalized spacial score (nSPS) is 15.6. The van der Waals surface area contributed by atoms with E-state index in [4.69, 9.17) is 0 Å². The first-order chi connectivity index (χ1) is 6.77. The van der Waals surface area contributed by atoms with Crippen LogP contribution < -0.4 is 5.32 Å². The molecule has 0 saturated heterocycles. The lowest BCUT2D eigenvalue weighted by Crippen LogP contribution is -2.16. The van der Waals surface area contributed by atoms with Gasteiger partial charge < -0.3 is 5.32 Å². The summed E-state index contributed by atoms with van der Waals surface area (Å²) in [6, 6.07) is 8.43. The van der Waals surface area contributed by atoms with Gasteiger partial charge in [0.05, 0.1) is 0 Å². The Kier molecular flexibility index (Phi) is 2.91. The van der Waals surface area contributed by atoms with Gasteiger partial charge >= 0.3 is 0 Å². The highest BCUT2D eigenvalue weighted by molar-refractivity contribution is 14.1. The molecular weight excluding hydrogens is 285 g/mol. The molecule has 1 aliphatic rings. The molecule has 1 aliphatic heterocycles. The first-order valence-electron chi connectivity index (χ1n) is 4.64. The average Bonchev–Trinajstić information content (AvgIpc) is 2.18. The molecule has 1 N–H and O–H groups in total. The molecule has 1 heterocycles. The zero-order valence-corrected chi connectivity index (χ0v) is 10.2. The lowest BCUT2D eigenvalue weighted by molar-refractivity contribution is 0.980. The van der Waals surface area contributed by atoms with E-state index < -0.39 is 0 Å². The van der Waals surface area contributed by atoms with Gasteiger partial charge in [0.25, 0.3) is 0 Å². The summed E-state index contributed by atoms with van der Waals surface area (Å²) < 4.78 is 1.29. The maximum Gasteiger partial charge on any atom is 0.0429 e. The van der Waals surface area contributed by atoms with Gasteiger partial charge in [-0.05, 0) is 41.7 Å². The van der Waals surface area contributed by atoms with E-state index in [-0.39, 0.29) is 0 Å². The summed E-state index contributed by atoms with van der Waals surface area (Å²) in [4.78, 5) is 0. The summed E-state index contributed by atoms with van der Waals surface area (Å²) in [6.45, 7) is 3.07. The maximum absolute atomic E-state index is 3.39. The predicted octanol–water partition coefficient (Wildman–Crippen LogP) is 3.18. The van der Waals surface area contributed by atoms with E-state index >= 15 is 0 Å². The van der Waals surface area contributed by atoms with Crippen LogP contribution in [0.5, 0.6) is 0 Å². The fraction of sp³-hybridized carbons (Fsp3) is 0.167. The number of benzene rings is 1. The summed E-state index contributed by atoms with van der Waals surface area (Å²) in [5.41, 5.74) is 3.86. The van der Waals surface area contributed by atoms with Crippen molar-refractivity contribution >= 4 is 28.3 Å². The zero-order chi connectivity index (χ0) is 9.97. The van der Waals surface area contributed by atoms with Crippen molar-refractivity contribution in [1.29, 1.82) is 0 Å². The molecule has 0 aromatic heterocycles. The summed E-state index contributed by atoms with van der Waals surface area (Å²) >= 11 is 2.37. The van der Waals surface area contributed by atoms with E-state index in [2.05, 4.69) is 71.2 Å². The van der Waals surface area contributed by atoms with E-state index in [0.29, 0.717) is 0 Å². The highest BCUT2D eigenvalue weighted by Crippen LogP contribution is 2.21. The van der Waals surface area contributed by atoms with Crippen molar-refractivity contribution in [3.05, 3.63) is 51.1 Å². The Balaban J connectivity index is 2.41. The molecule has 0 aliphatic carbocycles. The Morgan fingerprint density at radius 1 is 1.29 bits per heavy atom. The van der Waals surface area contributed by atoms with E-state index in [9.17, 15) is 0 Å². The SMILES string of the molecule is CC1=CCNC(c2ccccc2I)=C1. The molecule has 1 nitrogen and oxygen atoms in total. The molecule has 0 bridgehead atoms. The van der Waals surface area contributed by atoms with Crippen molar-refractivity contribution in [2.75, 3.05) is 6.54 Å². The van der Waals surface area contributed by atoms with Gasteiger partial charge in [-0.3, -0.25) is 0 Å². The summed E-state index contributed by atoms with van der Waals surface area (Å²) in [7, 11) is 0. The lowest BCUT2D eigenvalue weighted by atomic mass is 10.1. The molecule has 0 amide bonds. The monoisotopic (exact) mass is 297 g/mol. The van der Waals surface area contributed by atoms with Gasteiger partial charge in [0.15, 0.2) is 0 Å². The first-order valence-corrected chi connectivity index (χ1v) is 5.72. The van der Waals surface area contributed by atoms with Gasteiger partial charge in [-0.15, -0.1) is 0 Å².